The molecule has 0 saturated carbocycles. The quantitative estimate of drug-likeness (QED) is 0.795. The minimum Gasteiger partial charge on any atom is -0.369 e. The van der Waals surface area contributed by atoms with Gasteiger partial charge in [0, 0.05) is 31.9 Å². The number of hydrogen-bond donors (Lipinski definition) is 1. The zero-order chi connectivity index (χ0) is 20.3. The summed E-state index contributed by atoms with van der Waals surface area (Å²) < 4.78 is 52.4. The van der Waals surface area contributed by atoms with Gasteiger partial charge in [0.15, 0.2) is 0 Å². The van der Waals surface area contributed by atoms with E-state index in [2.05, 4.69) is 5.32 Å². The molecule has 0 bridgehead atoms. The maximum Gasteiger partial charge on any atom is 0.416 e. The van der Waals surface area contributed by atoms with E-state index in [1.54, 1.807) is 25.1 Å². The number of amides is 1. The van der Waals surface area contributed by atoms with Gasteiger partial charge in [-0.15, -0.1) is 0 Å². The molecule has 28 heavy (non-hydrogen) atoms. The molecule has 1 aliphatic heterocycles. The molecule has 0 aromatic heterocycles. The lowest BCUT2D eigenvalue weighted by Gasteiger charge is -2.38. The predicted octanol–water partition coefficient (Wildman–Crippen LogP) is 3.99. The largest absolute Gasteiger partial charge is 0.416 e. The summed E-state index contributed by atoms with van der Waals surface area (Å²) in [5.41, 5.74) is -0.0371. The first kappa shape index (κ1) is 20.1. The second-order valence-electron chi connectivity index (χ2n) is 6.72. The summed E-state index contributed by atoms with van der Waals surface area (Å²) in [6, 6.07) is 10.7. The van der Waals surface area contributed by atoms with Crippen molar-refractivity contribution in [2.75, 3.05) is 36.4 Å². The molecule has 2 aromatic rings. The number of nitrogens with one attached hydrogen (secondary N) is 1. The van der Waals surface area contributed by atoms with Crippen LogP contribution in [0.5, 0.6) is 0 Å². The molecule has 150 valence electrons. The number of piperazine rings is 1. The van der Waals surface area contributed by atoms with Gasteiger partial charge < -0.3 is 10.2 Å². The molecule has 4 nitrogen and oxygen atoms in total. The minimum absolute atomic E-state index is 0.127. The third kappa shape index (κ3) is 4.62. The number of benzene rings is 2. The van der Waals surface area contributed by atoms with Crippen molar-refractivity contribution in [1.29, 1.82) is 0 Å². The van der Waals surface area contributed by atoms with Gasteiger partial charge in [-0.3, -0.25) is 9.69 Å². The number of nitrogens with zero attached hydrogens (tertiary/aromatic N) is 2. The van der Waals surface area contributed by atoms with E-state index in [1.807, 2.05) is 9.80 Å². The van der Waals surface area contributed by atoms with Crippen molar-refractivity contribution in [2.24, 2.45) is 0 Å². The first-order valence-corrected chi connectivity index (χ1v) is 8.97. The fraction of sp³-hybridized carbons (Fsp3) is 0.350. The van der Waals surface area contributed by atoms with Crippen LogP contribution in [0.3, 0.4) is 0 Å². The predicted molar refractivity (Wildman–Crippen MR) is 99.7 cm³/mol. The first-order chi connectivity index (χ1) is 13.3. The highest BCUT2D eigenvalue weighted by Crippen LogP contribution is 2.32. The summed E-state index contributed by atoms with van der Waals surface area (Å²) in [6.45, 7) is 3.76. The first-order valence-electron chi connectivity index (χ1n) is 8.97. The molecule has 1 saturated heterocycles. The maximum absolute atomic E-state index is 13.7. The van der Waals surface area contributed by atoms with E-state index in [9.17, 15) is 22.4 Å². The van der Waals surface area contributed by atoms with Crippen LogP contribution >= 0.6 is 0 Å². The Bertz CT molecular complexity index is 832. The number of para-hydroxylation sites is 1. The smallest absolute Gasteiger partial charge is 0.369 e. The summed E-state index contributed by atoms with van der Waals surface area (Å²) in [5, 5.41) is 2.58. The second kappa shape index (κ2) is 8.18. The molecule has 0 radical (unpaired) electrons. The van der Waals surface area contributed by atoms with Crippen molar-refractivity contribution in [3.63, 3.8) is 0 Å². The molecule has 1 atom stereocenters. The van der Waals surface area contributed by atoms with Crippen molar-refractivity contribution in [2.45, 2.75) is 19.1 Å². The molecule has 3 rings (SSSR count). The Morgan fingerprint density at radius 3 is 2.36 bits per heavy atom. The van der Waals surface area contributed by atoms with Crippen molar-refractivity contribution < 1.29 is 22.4 Å². The van der Waals surface area contributed by atoms with Gasteiger partial charge in [0.2, 0.25) is 5.91 Å². The van der Waals surface area contributed by atoms with Crippen molar-refractivity contribution in [1.82, 2.24) is 4.90 Å². The monoisotopic (exact) mass is 395 g/mol. The number of rotatable bonds is 4. The molecule has 8 heteroatoms. The molecular weight excluding hydrogens is 374 g/mol. The Morgan fingerprint density at radius 2 is 1.71 bits per heavy atom. The van der Waals surface area contributed by atoms with Crippen LogP contribution in [-0.2, 0) is 11.0 Å². The van der Waals surface area contributed by atoms with Crippen LogP contribution in [0.1, 0.15) is 12.5 Å². The average molecular weight is 395 g/mol. The number of anilines is 2. The van der Waals surface area contributed by atoms with Gasteiger partial charge in [-0.1, -0.05) is 18.2 Å². The van der Waals surface area contributed by atoms with Crippen LogP contribution in [0, 0.1) is 5.82 Å². The number of carbonyl (C=O) groups is 1. The van der Waals surface area contributed by atoms with Crippen LogP contribution in [0.4, 0.5) is 28.9 Å². The summed E-state index contributed by atoms with van der Waals surface area (Å²) in [5.74, 6) is -0.824. The third-order valence-corrected chi connectivity index (χ3v) is 4.91. The molecule has 2 aromatic carbocycles. The summed E-state index contributed by atoms with van der Waals surface area (Å²) in [6.07, 6.45) is -4.38. The fourth-order valence-electron chi connectivity index (χ4n) is 3.21. The summed E-state index contributed by atoms with van der Waals surface area (Å²) in [7, 11) is 0. The van der Waals surface area contributed by atoms with Crippen molar-refractivity contribution in [3.05, 3.63) is 59.9 Å². The van der Waals surface area contributed by atoms with Crippen molar-refractivity contribution in [3.8, 4) is 0 Å². The second-order valence-corrected chi connectivity index (χ2v) is 6.72. The molecule has 0 aliphatic carbocycles. The summed E-state index contributed by atoms with van der Waals surface area (Å²) >= 11 is 0. The number of hydrogen-bond acceptors (Lipinski definition) is 3. The fourth-order valence-corrected chi connectivity index (χ4v) is 3.21. The molecule has 1 unspecified atom stereocenters. The van der Waals surface area contributed by atoms with E-state index in [1.165, 1.54) is 18.2 Å². The van der Waals surface area contributed by atoms with Gasteiger partial charge in [0.1, 0.15) is 5.82 Å². The minimum atomic E-state index is -4.38. The molecule has 1 heterocycles. The third-order valence-electron chi connectivity index (χ3n) is 4.91. The Kier molecular flexibility index (Phi) is 5.88. The Hall–Kier alpha value is -2.61. The van der Waals surface area contributed by atoms with Crippen LogP contribution in [0.2, 0.25) is 0 Å². The highest BCUT2D eigenvalue weighted by molar-refractivity contribution is 5.94. The number of alkyl halides is 3. The highest BCUT2D eigenvalue weighted by atomic mass is 19.4. The van der Waals surface area contributed by atoms with Gasteiger partial charge in [0.25, 0.3) is 0 Å². The van der Waals surface area contributed by atoms with Crippen LogP contribution in [0.25, 0.3) is 0 Å². The average Bonchev–Trinajstić information content (AvgIpc) is 2.69. The lowest BCUT2D eigenvalue weighted by Crippen LogP contribution is -2.52. The van der Waals surface area contributed by atoms with E-state index in [0.717, 1.165) is 12.1 Å². The lowest BCUT2D eigenvalue weighted by atomic mass is 10.1. The molecule has 1 aliphatic rings. The van der Waals surface area contributed by atoms with E-state index >= 15 is 0 Å². The van der Waals surface area contributed by atoms with E-state index in [0.29, 0.717) is 31.9 Å². The molecule has 0 spiro atoms. The molecule has 1 amide bonds. The van der Waals surface area contributed by atoms with Crippen LogP contribution < -0.4 is 10.2 Å². The van der Waals surface area contributed by atoms with Crippen LogP contribution in [-0.4, -0.2) is 43.0 Å². The maximum atomic E-state index is 13.7. The number of carbonyl (C=O) groups excluding carboxylic acids is 1. The van der Waals surface area contributed by atoms with E-state index in [-0.39, 0.29) is 11.6 Å². The number of halogens is 4. The Balaban J connectivity index is 1.59. The molecular formula is C20H21F4N3O. The normalized spacial score (nSPS) is 16.7. The zero-order valence-electron chi connectivity index (χ0n) is 15.3. The molecule has 1 fully saturated rings. The SMILES string of the molecule is CC(C(=O)Nc1ccccc1F)N1CCN(c2cccc(C(F)(F)F)c2)CC1. The van der Waals surface area contributed by atoms with Gasteiger partial charge >= 0.3 is 6.18 Å². The standard InChI is InChI=1S/C20H21F4N3O/c1-14(19(28)25-18-8-3-2-7-17(18)21)26-9-11-27(12-10-26)16-6-4-5-15(13-16)20(22,23)24/h2-8,13-14H,9-12H2,1H3,(H,25,28). The Morgan fingerprint density at radius 1 is 1.04 bits per heavy atom. The van der Waals surface area contributed by atoms with E-state index < -0.39 is 23.6 Å². The van der Waals surface area contributed by atoms with Gasteiger partial charge in [0.05, 0.1) is 17.3 Å². The molecule has 1 N–H and O–H groups in total. The van der Waals surface area contributed by atoms with Gasteiger partial charge in [-0.25, -0.2) is 4.39 Å². The van der Waals surface area contributed by atoms with Gasteiger partial charge in [-0.05, 0) is 37.3 Å². The van der Waals surface area contributed by atoms with E-state index in [4.69, 9.17) is 0 Å². The highest BCUT2D eigenvalue weighted by Gasteiger charge is 2.31. The van der Waals surface area contributed by atoms with Crippen LogP contribution in [0.15, 0.2) is 48.5 Å². The van der Waals surface area contributed by atoms with Crippen molar-refractivity contribution >= 4 is 17.3 Å². The summed E-state index contributed by atoms with van der Waals surface area (Å²) in [4.78, 5) is 16.2. The lowest BCUT2D eigenvalue weighted by molar-refractivity contribution is -0.137. The van der Waals surface area contributed by atoms with Gasteiger partial charge in [-0.2, -0.15) is 13.2 Å². The topological polar surface area (TPSA) is 35.6 Å². The Labute approximate surface area is 160 Å². The zero-order valence-corrected chi connectivity index (χ0v) is 15.3.